The van der Waals surface area contributed by atoms with Gasteiger partial charge in [0.25, 0.3) is 5.78 Å². The molecule has 1 aliphatic heterocycles. The second-order valence-electron chi connectivity index (χ2n) is 7.87. The highest BCUT2D eigenvalue weighted by molar-refractivity contribution is 6.51. The number of aromatic carboxylic acids is 1. The second kappa shape index (κ2) is 8.10. The van der Waals surface area contributed by atoms with E-state index in [-0.39, 0.29) is 28.4 Å². The molecule has 0 saturated carbocycles. The molecule has 1 unspecified atom stereocenters. The van der Waals surface area contributed by atoms with Crippen LogP contribution in [0.4, 0.5) is 10.3 Å². The number of phenolic OH excluding ortho intramolecular Hbond substituents is 1. The summed E-state index contributed by atoms with van der Waals surface area (Å²) < 4.78 is 13.4. The number of imidazole rings is 1. The number of aliphatic hydroxyl groups is 1. The number of carboxylic acids is 1. The molecule has 35 heavy (non-hydrogen) atoms. The Morgan fingerprint density at radius 2 is 1.60 bits per heavy atom. The lowest BCUT2D eigenvalue weighted by Gasteiger charge is -2.23. The first-order valence-electron chi connectivity index (χ1n) is 10.3. The fraction of sp³-hybridized carbons (Fsp3) is 0.0400. The van der Waals surface area contributed by atoms with Crippen molar-refractivity contribution in [2.75, 3.05) is 4.90 Å². The fourth-order valence-corrected chi connectivity index (χ4v) is 4.03. The van der Waals surface area contributed by atoms with E-state index in [1.165, 1.54) is 54.6 Å². The molecule has 0 bridgehead atoms. The molecule has 1 amide bonds. The molecule has 5 rings (SSSR count). The maximum Gasteiger partial charge on any atom is 0.335 e. The summed E-state index contributed by atoms with van der Waals surface area (Å²) in [6.07, 6.45) is 0. The number of ketones is 1. The van der Waals surface area contributed by atoms with Gasteiger partial charge in [-0.25, -0.2) is 14.2 Å². The number of rotatable bonds is 4. The highest BCUT2D eigenvalue weighted by Crippen LogP contribution is 2.42. The number of fused-ring (bicyclic) bond motifs is 1. The Morgan fingerprint density at radius 1 is 0.943 bits per heavy atom. The van der Waals surface area contributed by atoms with Crippen molar-refractivity contribution in [1.29, 1.82) is 0 Å². The topological polar surface area (TPSA) is 144 Å². The Morgan fingerprint density at radius 3 is 2.26 bits per heavy atom. The largest absolute Gasteiger partial charge is 0.508 e. The van der Waals surface area contributed by atoms with Gasteiger partial charge in [-0.2, -0.15) is 0 Å². The van der Waals surface area contributed by atoms with Gasteiger partial charge in [-0.15, -0.1) is 0 Å². The van der Waals surface area contributed by atoms with Crippen LogP contribution < -0.4 is 4.90 Å². The predicted molar refractivity (Wildman–Crippen MR) is 122 cm³/mol. The van der Waals surface area contributed by atoms with Crippen LogP contribution in [0.3, 0.4) is 0 Å². The molecule has 1 saturated heterocycles. The van der Waals surface area contributed by atoms with Gasteiger partial charge in [0.1, 0.15) is 17.3 Å². The number of aromatic nitrogens is 2. The first kappa shape index (κ1) is 21.8. The van der Waals surface area contributed by atoms with Gasteiger partial charge in [-0.05, 0) is 60.2 Å². The summed E-state index contributed by atoms with van der Waals surface area (Å²) >= 11 is 0. The van der Waals surface area contributed by atoms with Gasteiger partial charge in [-0.3, -0.25) is 14.5 Å². The third kappa shape index (κ3) is 3.66. The minimum atomic E-state index is -1.15. The molecule has 1 atom stereocenters. The molecule has 3 aromatic carbocycles. The Bertz CT molecular complexity index is 1540. The van der Waals surface area contributed by atoms with Crippen LogP contribution in [0.25, 0.3) is 16.8 Å². The van der Waals surface area contributed by atoms with Crippen molar-refractivity contribution in [3.63, 3.8) is 0 Å². The van der Waals surface area contributed by atoms with Crippen molar-refractivity contribution >= 4 is 40.4 Å². The Hall–Kier alpha value is -4.99. The van der Waals surface area contributed by atoms with Gasteiger partial charge in [0.2, 0.25) is 5.95 Å². The molecule has 1 aliphatic rings. The van der Waals surface area contributed by atoms with E-state index < -0.39 is 35.3 Å². The van der Waals surface area contributed by atoms with Crippen LogP contribution >= 0.6 is 0 Å². The monoisotopic (exact) mass is 473 g/mol. The number of aromatic hydroxyl groups is 1. The molecule has 0 spiro atoms. The van der Waals surface area contributed by atoms with Gasteiger partial charge >= 0.3 is 11.9 Å². The van der Waals surface area contributed by atoms with Gasteiger partial charge in [0.05, 0.1) is 28.2 Å². The first-order valence-corrected chi connectivity index (χ1v) is 10.3. The number of hydrogen-bond acceptors (Lipinski definition) is 6. The van der Waals surface area contributed by atoms with Gasteiger partial charge in [0.15, 0.2) is 0 Å². The molecule has 174 valence electrons. The number of phenols is 1. The zero-order chi connectivity index (χ0) is 24.9. The lowest BCUT2D eigenvalue weighted by Crippen LogP contribution is -2.30. The van der Waals surface area contributed by atoms with E-state index in [0.29, 0.717) is 16.6 Å². The van der Waals surface area contributed by atoms with Crippen molar-refractivity contribution in [1.82, 2.24) is 9.97 Å². The summed E-state index contributed by atoms with van der Waals surface area (Å²) in [5.74, 6) is -4.25. The number of benzene rings is 3. The molecule has 1 aromatic heterocycles. The van der Waals surface area contributed by atoms with Crippen molar-refractivity contribution in [3.05, 3.63) is 94.8 Å². The van der Waals surface area contributed by atoms with Crippen LogP contribution in [0.1, 0.15) is 27.5 Å². The lowest BCUT2D eigenvalue weighted by molar-refractivity contribution is -0.132. The highest BCUT2D eigenvalue weighted by Gasteiger charge is 2.48. The van der Waals surface area contributed by atoms with Crippen LogP contribution in [0.15, 0.2) is 72.3 Å². The van der Waals surface area contributed by atoms with Crippen molar-refractivity contribution in [2.24, 2.45) is 0 Å². The second-order valence-corrected chi connectivity index (χ2v) is 7.87. The van der Waals surface area contributed by atoms with Crippen molar-refractivity contribution < 1.29 is 34.1 Å². The molecule has 10 heteroatoms. The lowest BCUT2D eigenvalue weighted by atomic mass is 9.95. The van der Waals surface area contributed by atoms with Crippen LogP contribution in [-0.4, -0.2) is 42.9 Å². The summed E-state index contributed by atoms with van der Waals surface area (Å²) in [7, 11) is 0. The first-order chi connectivity index (χ1) is 16.7. The van der Waals surface area contributed by atoms with Crippen molar-refractivity contribution in [2.45, 2.75) is 6.04 Å². The van der Waals surface area contributed by atoms with Crippen LogP contribution in [0, 0.1) is 5.82 Å². The maximum atomic E-state index is 13.4. The molecule has 2 heterocycles. The number of nitrogens with zero attached hydrogens (tertiary/aromatic N) is 2. The third-order valence-electron chi connectivity index (χ3n) is 5.72. The number of H-pyrrole nitrogens is 1. The number of nitrogens with one attached hydrogen (secondary N) is 1. The minimum absolute atomic E-state index is 0.00106. The smallest absolute Gasteiger partial charge is 0.335 e. The number of Topliss-reactive ketones (excluding diaryl/α,β-unsaturated/α-hetero) is 1. The number of carboxylic acid groups (broad SMARTS) is 1. The Kier molecular flexibility index (Phi) is 5.05. The van der Waals surface area contributed by atoms with Crippen LogP contribution in [0.2, 0.25) is 0 Å². The SMILES string of the molecule is O=C1C(=O)N(c2nc3ccc(C(=O)O)cc3[nH]2)C(c2ccc(O)cc2)/C1=C(\O)c1ccc(F)cc1. The van der Waals surface area contributed by atoms with Gasteiger partial charge in [-0.1, -0.05) is 12.1 Å². The molecule has 0 radical (unpaired) electrons. The summed E-state index contributed by atoms with van der Waals surface area (Å²) in [4.78, 5) is 45.9. The van der Waals surface area contributed by atoms with Crippen molar-refractivity contribution in [3.8, 4) is 5.75 Å². The molecule has 4 aromatic rings. The van der Waals surface area contributed by atoms with E-state index in [1.807, 2.05) is 0 Å². The summed E-state index contributed by atoms with van der Waals surface area (Å²) in [6, 6.07) is 13.5. The average Bonchev–Trinajstić information content (AvgIpc) is 3.37. The summed E-state index contributed by atoms with van der Waals surface area (Å²) in [6.45, 7) is 0. The zero-order valence-corrected chi connectivity index (χ0v) is 17.8. The van der Waals surface area contributed by atoms with E-state index in [9.17, 15) is 34.1 Å². The Labute approximate surface area is 196 Å². The van der Waals surface area contributed by atoms with Gasteiger partial charge < -0.3 is 20.3 Å². The fourth-order valence-electron chi connectivity index (χ4n) is 4.03. The Balaban J connectivity index is 1.71. The van der Waals surface area contributed by atoms with E-state index in [2.05, 4.69) is 9.97 Å². The third-order valence-corrected chi connectivity index (χ3v) is 5.72. The summed E-state index contributed by atoms with van der Waals surface area (Å²) in [5.41, 5.74) is 0.945. The number of hydrogen-bond donors (Lipinski definition) is 4. The van der Waals surface area contributed by atoms with Crippen LogP contribution in [-0.2, 0) is 9.59 Å². The molecule has 1 fully saturated rings. The van der Waals surface area contributed by atoms with Crippen LogP contribution in [0.5, 0.6) is 5.75 Å². The molecular weight excluding hydrogens is 457 g/mol. The number of anilines is 1. The normalized spacial score (nSPS) is 17.3. The molecule has 4 N–H and O–H groups in total. The number of carbonyl (C=O) groups excluding carboxylic acids is 2. The molecule has 0 aliphatic carbocycles. The molecular formula is C25H16FN3O6. The number of aromatic amines is 1. The zero-order valence-electron chi connectivity index (χ0n) is 17.8. The predicted octanol–water partition coefficient (Wildman–Crippen LogP) is 3.73. The standard InChI is InChI=1S/C25H16FN3O6/c26-15-6-1-13(2-7-15)21(31)19-20(12-3-8-16(30)9-4-12)29(23(33)22(19)32)25-27-17-10-5-14(24(34)35)11-18(17)28-25/h1-11,20,30-31H,(H,27,28)(H,34,35)/b21-19+. The van der Waals surface area contributed by atoms with Gasteiger partial charge in [0, 0.05) is 5.56 Å². The maximum absolute atomic E-state index is 13.4. The summed E-state index contributed by atoms with van der Waals surface area (Å²) in [5, 5.41) is 30.0. The van der Waals surface area contributed by atoms with E-state index in [4.69, 9.17) is 0 Å². The van der Waals surface area contributed by atoms with E-state index >= 15 is 0 Å². The quantitative estimate of drug-likeness (QED) is 0.201. The average molecular weight is 473 g/mol. The highest BCUT2D eigenvalue weighted by atomic mass is 19.1. The number of aliphatic hydroxyl groups excluding tert-OH is 1. The number of halogens is 1. The number of amides is 1. The minimum Gasteiger partial charge on any atom is -0.508 e. The van der Waals surface area contributed by atoms with E-state index in [0.717, 1.165) is 17.0 Å². The number of carbonyl (C=O) groups is 3. The van der Waals surface area contributed by atoms with E-state index in [1.54, 1.807) is 0 Å². The molecule has 9 nitrogen and oxygen atoms in total.